The van der Waals surface area contributed by atoms with Crippen molar-refractivity contribution >= 4 is 19.8 Å². The molecule has 0 radical (unpaired) electrons. The molecule has 3 atom stereocenters. The summed E-state index contributed by atoms with van der Waals surface area (Å²) < 4.78 is 33.3. The largest absolute Gasteiger partial charge is 0.480 e. The van der Waals surface area contributed by atoms with Crippen LogP contribution in [0.15, 0.2) is 97.2 Å². The minimum absolute atomic E-state index is 0.0326. The van der Waals surface area contributed by atoms with E-state index in [1.807, 2.05) is 0 Å². The number of unbranched alkanes of at least 4 members (excludes halogenated alkanes) is 12. The molecule has 0 aliphatic carbocycles. The van der Waals surface area contributed by atoms with E-state index in [0.29, 0.717) is 13.0 Å². The minimum atomic E-state index is -4.64. The van der Waals surface area contributed by atoms with Crippen molar-refractivity contribution in [2.75, 3.05) is 26.4 Å². The molecule has 0 saturated carbocycles. The number of carboxylic acids is 1. The lowest BCUT2D eigenvalue weighted by molar-refractivity contribution is -0.154. The Bertz CT molecular complexity index is 1320. The second-order valence-electron chi connectivity index (χ2n) is 14.8. The van der Waals surface area contributed by atoms with Gasteiger partial charge in [0, 0.05) is 13.0 Å². The summed E-state index contributed by atoms with van der Waals surface area (Å²) in [4.78, 5) is 33.6. The third-order valence-electron chi connectivity index (χ3n) is 9.10. The predicted molar refractivity (Wildman–Crippen MR) is 249 cm³/mol. The van der Waals surface area contributed by atoms with Gasteiger partial charge in [-0.25, -0.2) is 4.57 Å². The zero-order valence-corrected chi connectivity index (χ0v) is 38.2. The highest BCUT2D eigenvalue weighted by Gasteiger charge is 2.27. The van der Waals surface area contributed by atoms with Crippen molar-refractivity contribution in [3.8, 4) is 0 Å². The number of phosphoric ester groups is 1. The SMILES string of the molecule is CC/C=C\C/C=C\C/C=C\C/C=C\C/C=C\C/C=C\CCCOCC(COP(=O)(O)OCC(N)C(=O)O)OC(=O)CCCCCCCCC/C=C\C/C=C\CCCCCC. The second-order valence-corrected chi connectivity index (χ2v) is 16.2. The lowest BCUT2D eigenvalue weighted by Crippen LogP contribution is -2.34. The van der Waals surface area contributed by atoms with Gasteiger partial charge < -0.3 is 25.2 Å². The van der Waals surface area contributed by atoms with Crippen LogP contribution in [0.1, 0.15) is 162 Å². The first-order chi connectivity index (χ1) is 29.2. The third kappa shape index (κ3) is 43.0. The quantitative estimate of drug-likeness (QED) is 0.0234. The van der Waals surface area contributed by atoms with E-state index in [1.165, 1.54) is 51.4 Å². The van der Waals surface area contributed by atoms with E-state index in [-0.39, 0.29) is 13.0 Å². The molecular formula is C49H82NO9P. The highest BCUT2D eigenvalue weighted by atomic mass is 31.2. The van der Waals surface area contributed by atoms with Crippen LogP contribution in [0, 0.1) is 0 Å². The zero-order chi connectivity index (χ0) is 44.0. The number of nitrogens with two attached hydrogens (primary N) is 1. The van der Waals surface area contributed by atoms with E-state index < -0.39 is 45.1 Å². The summed E-state index contributed by atoms with van der Waals surface area (Å²) in [6.45, 7) is 3.57. The van der Waals surface area contributed by atoms with Crippen molar-refractivity contribution in [1.29, 1.82) is 0 Å². The Morgan fingerprint density at radius 3 is 1.45 bits per heavy atom. The summed E-state index contributed by atoms with van der Waals surface area (Å²) in [6.07, 6.45) is 57.5. The van der Waals surface area contributed by atoms with Crippen LogP contribution < -0.4 is 5.73 Å². The molecule has 0 spiro atoms. The normalized spacial score (nSPS) is 14.7. The number of carboxylic acid groups (broad SMARTS) is 1. The molecule has 3 unspecified atom stereocenters. The fourth-order valence-corrected chi connectivity index (χ4v) is 6.37. The standard InChI is InChI=1S/C49H82NO9P/c1-3-5-7-9-11-13-15-17-19-21-23-24-26-28-30-32-34-36-38-40-42-56-43-46(44-57-60(54,55)58-45-47(50)49(52)53)59-48(51)41-39-37-35-33-31-29-27-25-22-20-18-16-14-12-10-8-6-4-2/h5,7,11,13-14,16-17,19-20,22-24,28,30,34,36,46-47H,3-4,6,8-10,12,15,18,21,25-27,29,31-33,35,37-45,50H2,1-2H3,(H,52,53)(H,54,55)/b7-5-,13-11-,16-14-,19-17-,22-20-,24-23-,30-28-,36-34-. The summed E-state index contributed by atoms with van der Waals surface area (Å²) in [6, 6.07) is -1.49. The first-order valence-corrected chi connectivity index (χ1v) is 24.3. The molecular weight excluding hydrogens is 778 g/mol. The maximum atomic E-state index is 12.7. The number of phosphoric acid groups is 1. The molecule has 0 aromatic carbocycles. The average molecular weight is 860 g/mol. The number of hydrogen-bond donors (Lipinski definition) is 3. The van der Waals surface area contributed by atoms with Crippen molar-refractivity contribution in [3.05, 3.63) is 97.2 Å². The van der Waals surface area contributed by atoms with E-state index in [9.17, 15) is 19.0 Å². The van der Waals surface area contributed by atoms with E-state index in [4.69, 9.17) is 29.4 Å². The number of carbonyl (C=O) groups is 2. The van der Waals surface area contributed by atoms with Crippen LogP contribution in [0.2, 0.25) is 0 Å². The fraction of sp³-hybridized carbons (Fsp3) is 0.633. The zero-order valence-electron chi connectivity index (χ0n) is 37.3. The maximum Gasteiger partial charge on any atom is 0.472 e. The summed E-state index contributed by atoms with van der Waals surface area (Å²) in [5.41, 5.74) is 5.36. The highest BCUT2D eigenvalue weighted by Crippen LogP contribution is 2.43. The summed E-state index contributed by atoms with van der Waals surface area (Å²) >= 11 is 0. The molecule has 0 aliphatic rings. The lowest BCUT2D eigenvalue weighted by atomic mass is 10.1. The molecule has 0 amide bonds. The molecule has 60 heavy (non-hydrogen) atoms. The summed E-state index contributed by atoms with van der Waals surface area (Å²) in [7, 11) is -4.64. The van der Waals surface area contributed by atoms with Crippen molar-refractivity contribution in [1.82, 2.24) is 0 Å². The Morgan fingerprint density at radius 1 is 0.550 bits per heavy atom. The van der Waals surface area contributed by atoms with Crippen LogP contribution in [0.5, 0.6) is 0 Å². The van der Waals surface area contributed by atoms with Crippen molar-refractivity contribution in [3.63, 3.8) is 0 Å². The van der Waals surface area contributed by atoms with E-state index in [0.717, 1.165) is 83.5 Å². The minimum Gasteiger partial charge on any atom is -0.480 e. The predicted octanol–water partition coefficient (Wildman–Crippen LogP) is 12.9. The van der Waals surface area contributed by atoms with Crippen molar-refractivity contribution in [2.24, 2.45) is 5.73 Å². The molecule has 10 nitrogen and oxygen atoms in total. The maximum absolute atomic E-state index is 12.7. The smallest absolute Gasteiger partial charge is 0.472 e. The summed E-state index contributed by atoms with van der Waals surface area (Å²) in [5.74, 6) is -1.82. The molecule has 0 rings (SSSR count). The van der Waals surface area contributed by atoms with E-state index in [1.54, 1.807) is 0 Å². The number of carbonyl (C=O) groups excluding carboxylic acids is 1. The van der Waals surface area contributed by atoms with Crippen LogP contribution in [0.25, 0.3) is 0 Å². The van der Waals surface area contributed by atoms with Crippen LogP contribution in [-0.4, -0.2) is 60.5 Å². The van der Waals surface area contributed by atoms with E-state index >= 15 is 0 Å². The number of esters is 1. The molecule has 0 heterocycles. The van der Waals surface area contributed by atoms with Gasteiger partial charge in [-0.3, -0.25) is 18.6 Å². The molecule has 0 aromatic rings. The molecule has 0 saturated heterocycles. The lowest BCUT2D eigenvalue weighted by Gasteiger charge is -2.20. The number of allylic oxidation sites excluding steroid dienone is 16. The molecule has 0 fully saturated rings. The van der Waals surface area contributed by atoms with Gasteiger partial charge in [0.05, 0.1) is 19.8 Å². The van der Waals surface area contributed by atoms with Crippen LogP contribution in [-0.2, 0) is 32.7 Å². The van der Waals surface area contributed by atoms with E-state index in [2.05, 4.69) is 111 Å². The first kappa shape index (κ1) is 56.9. The summed E-state index contributed by atoms with van der Waals surface area (Å²) in [5, 5.41) is 8.91. The van der Waals surface area contributed by atoms with Gasteiger partial charge in [-0.05, 0) is 89.9 Å². The molecule has 0 bridgehead atoms. The fourth-order valence-electron chi connectivity index (χ4n) is 5.59. The van der Waals surface area contributed by atoms with Crippen LogP contribution in [0.4, 0.5) is 0 Å². The monoisotopic (exact) mass is 860 g/mol. The van der Waals surface area contributed by atoms with Gasteiger partial charge in [-0.15, -0.1) is 0 Å². The highest BCUT2D eigenvalue weighted by molar-refractivity contribution is 7.47. The number of hydrogen-bond acceptors (Lipinski definition) is 8. The average Bonchev–Trinajstić information content (AvgIpc) is 3.23. The second kappa shape index (κ2) is 44.0. The van der Waals surface area contributed by atoms with Gasteiger partial charge in [0.25, 0.3) is 0 Å². The van der Waals surface area contributed by atoms with Gasteiger partial charge >= 0.3 is 19.8 Å². The topological polar surface area (TPSA) is 155 Å². The van der Waals surface area contributed by atoms with Gasteiger partial charge in [0.15, 0.2) is 0 Å². The molecule has 11 heteroatoms. The Kier molecular flexibility index (Phi) is 41.7. The first-order valence-electron chi connectivity index (χ1n) is 22.8. The third-order valence-corrected chi connectivity index (χ3v) is 10.0. The van der Waals surface area contributed by atoms with Crippen LogP contribution in [0.3, 0.4) is 0 Å². The Labute approximate surface area is 364 Å². The Morgan fingerprint density at radius 2 is 0.967 bits per heavy atom. The number of rotatable bonds is 42. The number of ether oxygens (including phenoxy) is 2. The Hall–Kier alpha value is -3.11. The Balaban J connectivity index is 4.37. The molecule has 0 aliphatic heterocycles. The van der Waals surface area contributed by atoms with Gasteiger partial charge in [0.1, 0.15) is 12.1 Å². The van der Waals surface area contributed by atoms with Crippen LogP contribution >= 0.6 is 7.82 Å². The van der Waals surface area contributed by atoms with Gasteiger partial charge in [0.2, 0.25) is 0 Å². The van der Waals surface area contributed by atoms with Gasteiger partial charge in [-0.1, -0.05) is 162 Å². The van der Waals surface area contributed by atoms with Crippen molar-refractivity contribution in [2.45, 2.75) is 174 Å². The van der Waals surface area contributed by atoms with Gasteiger partial charge in [-0.2, -0.15) is 0 Å². The number of aliphatic carboxylic acids is 1. The van der Waals surface area contributed by atoms with Crippen molar-refractivity contribution < 1.29 is 42.7 Å². The molecule has 342 valence electrons. The molecule has 0 aromatic heterocycles. The molecule has 4 N–H and O–H groups in total.